The number of likely N-dealkylation sites (tertiary alicyclic amines) is 1. The number of hydrogen-bond donors (Lipinski definition) is 1. The SMILES string of the molecule is O=C(O)CO[C@H]1Cc2ccccc2C12CCN(CC[C@@]1(c3ccc(Cl)c(Cl)c3)CN(C(=O)c3cc(C(F)(F)F)cc(C(F)(F)F)c3)CCO1)CC2. The van der Waals surface area contributed by atoms with E-state index in [0.717, 1.165) is 11.1 Å². The van der Waals surface area contributed by atoms with Crippen LogP contribution in [0, 0.1) is 0 Å². The minimum atomic E-state index is -5.11. The molecule has 2 heterocycles. The Morgan fingerprint density at radius 3 is 2.20 bits per heavy atom. The zero-order chi connectivity index (χ0) is 36.8. The van der Waals surface area contributed by atoms with E-state index in [4.69, 9.17) is 32.7 Å². The number of benzene rings is 3. The topological polar surface area (TPSA) is 79.3 Å². The molecule has 1 aliphatic carbocycles. The molecule has 6 rings (SSSR count). The van der Waals surface area contributed by atoms with Crippen LogP contribution >= 0.6 is 23.2 Å². The maximum atomic E-state index is 13.7. The Labute approximate surface area is 300 Å². The average molecular weight is 760 g/mol. The fraction of sp³-hybridized carbons (Fsp3) is 0.444. The number of morpholine rings is 1. The van der Waals surface area contributed by atoms with Crippen LogP contribution in [0.25, 0.3) is 0 Å². The molecule has 274 valence electrons. The van der Waals surface area contributed by atoms with Gasteiger partial charge in [0.05, 0.1) is 40.4 Å². The third kappa shape index (κ3) is 7.73. The Morgan fingerprint density at radius 1 is 0.902 bits per heavy atom. The number of fused-ring (bicyclic) bond motifs is 2. The van der Waals surface area contributed by atoms with Crippen molar-refractivity contribution < 1.29 is 50.5 Å². The Bertz CT molecular complexity index is 1760. The van der Waals surface area contributed by atoms with Gasteiger partial charge in [-0.3, -0.25) is 4.79 Å². The zero-order valence-corrected chi connectivity index (χ0v) is 28.6. The summed E-state index contributed by atoms with van der Waals surface area (Å²) in [6, 6.07) is 13.7. The van der Waals surface area contributed by atoms with E-state index in [0.29, 0.717) is 63.0 Å². The van der Waals surface area contributed by atoms with Crippen molar-refractivity contribution in [3.8, 4) is 0 Å². The molecule has 7 nitrogen and oxygen atoms in total. The van der Waals surface area contributed by atoms with Crippen molar-refractivity contribution in [3.05, 3.63) is 104 Å². The molecule has 0 saturated carbocycles. The summed E-state index contributed by atoms with van der Waals surface area (Å²) in [5.41, 5.74) is -2.65. The summed E-state index contributed by atoms with van der Waals surface area (Å²) in [6.45, 7) is 1.04. The number of nitrogens with zero attached hydrogens (tertiary/aromatic N) is 2. The highest BCUT2D eigenvalue weighted by molar-refractivity contribution is 6.42. The maximum Gasteiger partial charge on any atom is 0.416 e. The van der Waals surface area contributed by atoms with E-state index >= 15 is 0 Å². The molecule has 3 aromatic carbocycles. The van der Waals surface area contributed by atoms with Crippen LogP contribution in [0.5, 0.6) is 0 Å². The van der Waals surface area contributed by atoms with Gasteiger partial charge in [0.25, 0.3) is 5.91 Å². The third-order valence-electron chi connectivity index (χ3n) is 10.3. The Kier molecular flexibility index (Phi) is 10.4. The summed E-state index contributed by atoms with van der Waals surface area (Å²) in [4.78, 5) is 28.5. The number of halogens is 8. The monoisotopic (exact) mass is 758 g/mol. The number of hydrogen-bond acceptors (Lipinski definition) is 5. The van der Waals surface area contributed by atoms with Crippen LogP contribution < -0.4 is 0 Å². The van der Waals surface area contributed by atoms with Crippen molar-refractivity contribution in [2.75, 3.05) is 45.9 Å². The molecule has 0 radical (unpaired) electrons. The van der Waals surface area contributed by atoms with Crippen molar-refractivity contribution in [1.29, 1.82) is 0 Å². The number of carboxylic acids is 1. The van der Waals surface area contributed by atoms with Crippen molar-refractivity contribution in [2.45, 2.75) is 55.2 Å². The standard InChI is InChI=1S/C36H34Cl2F6N2O5/c37-28-6-5-24(19-29(28)38)34(21-46(13-14-51-34)32(49)23-15-25(35(39,40)41)18-26(16-23)36(42,43)44)9-12-45-10-7-33(8-11-45)27-4-2-1-3-22(27)17-30(33)50-20-31(47)48/h1-6,15-16,18-19,30H,7-14,17,20-21H2,(H,47,48)/t30-,34-/m0/s1. The van der Waals surface area contributed by atoms with E-state index in [1.807, 2.05) is 18.2 Å². The zero-order valence-electron chi connectivity index (χ0n) is 27.1. The van der Waals surface area contributed by atoms with Gasteiger partial charge < -0.3 is 24.4 Å². The van der Waals surface area contributed by atoms with Crippen LogP contribution in [0.4, 0.5) is 26.3 Å². The summed E-state index contributed by atoms with van der Waals surface area (Å²) in [6.07, 6.45) is -8.23. The molecule has 15 heteroatoms. The minimum absolute atomic E-state index is 0.0104. The molecular formula is C36H34Cl2F6N2O5. The van der Waals surface area contributed by atoms with Gasteiger partial charge in [0.2, 0.25) is 0 Å². The molecule has 2 atom stereocenters. The number of amides is 1. The predicted molar refractivity (Wildman–Crippen MR) is 176 cm³/mol. The number of alkyl halides is 6. The molecule has 3 aromatic rings. The average Bonchev–Trinajstić information content (AvgIpc) is 3.39. The van der Waals surface area contributed by atoms with E-state index in [1.54, 1.807) is 18.2 Å². The van der Waals surface area contributed by atoms with Gasteiger partial charge >= 0.3 is 18.3 Å². The van der Waals surface area contributed by atoms with E-state index < -0.39 is 53.1 Å². The summed E-state index contributed by atoms with van der Waals surface area (Å²) < 4.78 is 94.0. The van der Waals surface area contributed by atoms with Gasteiger partial charge in [-0.1, -0.05) is 53.5 Å². The smallest absolute Gasteiger partial charge is 0.416 e. The van der Waals surface area contributed by atoms with Crippen molar-refractivity contribution in [1.82, 2.24) is 9.80 Å². The van der Waals surface area contributed by atoms with Gasteiger partial charge in [-0.05, 0) is 85.8 Å². The van der Waals surface area contributed by atoms with Gasteiger partial charge in [0, 0.05) is 24.1 Å². The van der Waals surface area contributed by atoms with Gasteiger partial charge in [-0.2, -0.15) is 26.3 Å². The highest BCUT2D eigenvalue weighted by atomic mass is 35.5. The lowest BCUT2D eigenvalue weighted by Crippen LogP contribution is -2.54. The molecule has 2 saturated heterocycles. The van der Waals surface area contributed by atoms with Crippen molar-refractivity contribution in [3.63, 3.8) is 0 Å². The Hall–Kier alpha value is -3.36. The molecule has 2 fully saturated rings. The first kappa shape index (κ1) is 37.4. The molecule has 0 aromatic heterocycles. The van der Waals surface area contributed by atoms with E-state index in [2.05, 4.69) is 11.0 Å². The Balaban J connectivity index is 1.24. The van der Waals surface area contributed by atoms with Crippen LogP contribution in [-0.2, 0) is 44.1 Å². The number of aliphatic carboxylic acids is 1. The van der Waals surface area contributed by atoms with E-state index in [9.17, 15) is 41.0 Å². The lowest BCUT2D eigenvalue weighted by molar-refractivity contribution is -0.146. The lowest BCUT2D eigenvalue weighted by Gasteiger charge is -2.46. The first-order chi connectivity index (χ1) is 24.0. The fourth-order valence-electron chi connectivity index (χ4n) is 7.72. The van der Waals surface area contributed by atoms with Crippen molar-refractivity contribution in [2.24, 2.45) is 0 Å². The van der Waals surface area contributed by atoms with E-state index in [1.165, 1.54) is 4.90 Å². The molecular weight excluding hydrogens is 725 g/mol. The molecule has 1 N–H and O–H groups in total. The number of rotatable bonds is 8. The molecule has 51 heavy (non-hydrogen) atoms. The quantitative estimate of drug-likeness (QED) is 0.236. The summed E-state index contributed by atoms with van der Waals surface area (Å²) in [5.74, 6) is -2.04. The molecule has 0 bridgehead atoms. The largest absolute Gasteiger partial charge is 0.480 e. The number of carbonyl (C=O) groups excluding carboxylic acids is 1. The predicted octanol–water partition coefficient (Wildman–Crippen LogP) is 7.85. The summed E-state index contributed by atoms with van der Waals surface area (Å²) in [7, 11) is 0. The third-order valence-corrected chi connectivity index (χ3v) is 11.1. The number of carboxylic acid groups (broad SMARTS) is 1. The minimum Gasteiger partial charge on any atom is -0.480 e. The summed E-state index contributed by atoms with van der Waals surface area (Å²) in [5, 5.41) is 9.77. The second kappa shape index (κ2) is 14.2. The fourth-order valence-corrected chi connectivity index (χ4v) is 8.01. The molecule has 3 aliphatic rings. The highest BCUT2D eigenvalue weighted by Crippen LogP contribution is 2.48. The number of piperidine rings is 1. The van der Waals surface area contributed by atoms with Gasteiger partial charge in [-0.25, -0.2) is 4.79 Å². The molecule has 1 spiro atoms. The second-order valence-corrected chi connectivity index (χ2v) is 14.1. The number of carbonyl (C=O) groups is 2. The second-order valence-electron chi connectivity index (χ2n) is 13.3. The van der Waals surface area contributed by atoms with Crippen LogP contribution in [-0.4, -0.2) is 78.8 Å². The molecule has 2 aliphatic heterocycles. The Morgan fingerprint density at radius 2 is 1.57 bits per heavy atom. The normalized spacial score (nSPS) is 22.3. The van der Waals surface area contributed by atoms with Crippen LogP contribution in [0.1, 0.15) is 57.4 Å². The number of ether oxygens (including phenoxy) is 2. The first-order valence-electron chi connectivity index (χ1n) is 16.3. The summed E-state index contributed by atoms with van der Waals surface area (Å²) >= 11 is 12.6. The lowest BCUT2D eigenvalue weighted by atomic mass is 9.72. The molecule has 1 amide bonds. The maximum absolute atomic E-state index is 13.7. The van der Waals surface area contributed by atoms with E-state index in [-0.39, 0.29) is 47.3 Å². The van der Waals surface area contributed by atoms with Gasteiger partial charge in [0.15, 0.2) is 0 Å². The van der Waals surface area contributed by atoms with Gasteiger partial charge in [0.1, 0.15) is 12.2 Å². The highest BCUT2D eigenvalue weighted by Gasteiger charge is 2.50. The van der Waals surface area contributed by atoms with Crippen LogP contribution in [0.2, 0.25) is 10.0 Å². The van der Waals surface area contributed by atoms with Gasteiger partial charge in [-0.15, -0.1) is 0 Å². The van der Waals surface area contributed by atoms with Crippen LogP contribution in [0.15, 0.2) is 60.7 Å². The first-order valence-corrected chi connectivity index (χ1v) is 17.1. The molecule has 0 unspecified atom stereocenters. The van der Waals surface area contributed by atoms with Crippen LogP contribution in [0.3, 0.4) is 0 Å². The van der Waals surface area contributed by atoms with Crippen molar-refractivity contribution >= 4 is 35.1 Å².